The lowest BCUT2D eigenvalue weighted by atomic mass is 10.0. The van der Waals surface area contributed by atoms with E-state index in [0.717, 1.165) is 12.2 Å². The number of nitrogens with zero attached hydrogens (tertiary/aromatic N) is 3. The van der Waals surface area contributed by atoms with Crippen molar-refractivity contribution < 1.29 is 4.80 Å². The monoisotopic (exact) mass is 155 g/mol. The van der Waals surface area contributed by atoms with Crippen LogP contribution in [0, 0.1) is 6.92 Å². The van der Waals surface area contributed by atoms with Gasteiger partial charge in [0.1, 0.15) is 5.54 Å². The predicted octanol–water partition coefficient (Wildman–Crippen LogP) is 0.546. The van der Waals surface area contributed by atoms with Gasteiger partial charge in [-0.3, -0.25) is 0 Å². The topological polar surface area (TPSA) is 45.5 Å². The van der Waals surface area contributed by atoms with Gasteiger partial charge in [0.15, 0.2) is 0 Å². The summed E-state index contributed by atoms with van der Waals surface area (Å²) >= 11 is 0. The number of aryl methyl sites for hydroxylation is 1. The van der Waals surface area contributed by atoms with Crippen LogP contribution < -0.4 is 4.80 Å². The minimum absolute atomic E-state index is 0.0429. The molecule has 1 aromatic rings. The molecule has 0 amide bonds. The van der Waals surface area contributed by atoms with Crippen LogP contribution in [0.15, 0.2) is 0 Å². The van der Waals surface area contributed by atoms with Gasteiger partial charge in [-0.05, 0) is 30.6 Å². The molecule has 0 saturated heterocycles. The average Bonchev–Trinajstić information content (AvgIpc) is 2.36. The van der Waals surface area contributed by atoms with E-state index >= 15 is 0 Å². The highest BCUT2D eigenvalue weighted by Crippen LogP contribution is 2.07. The van der Waals surface area contributed by atoms with Gasteiger partial charge in [0.2, 0.25) is 0 Å². The highest BCUT2D eigenvalue weighted by molar-refractivity contribution is 4.63. The fraction of sp³-hybridized carbons (Fsp3) is 0.857. The first-order valence-electron chi connectivity index (χ1n) is 3.88. The molecule has 1 N–H and O–H groups in total. The zero-order chi connectivity index (χ0) is 8.48. The fourth-order valence-electron chi connectivity index (χ4n) is 0.730. The van der Waals surface area contributed by atoms with Crippen molar-refractivity contribution in [1.82, 2.24) is 15.4 Å². The number of rotatable bonds is 2. The summed E-state index contributed by atoms with van der Waals surface area (Å²) in [5.74, 6) is 0.784. The van der Waals surface area contributed by atoms with E-state index in [2.05, 4.69) is 36.2 Å². The van der Waals surface area contributed by atoms with Gasteiger partial charge in [0, 0.05) is 6.92 Å². The highest BCUT2D eigenvalue weighted by Gasteiger charge is 2.26. The zero-order valence-electron chi connectivity index (χ0n) is 7.55. The van der Waals surface area contributed by atoms with E-state index in [9.17, 15) is 0 Å². The summed E-state index contributed by atoms with van der Waals surface area (Å²) in [6.07, 6.45) is 1.03. The van der Waals surface area contributed by atoms with E-state index in [-0.39, 0.29) is 5.54 Å². The molecular formula is C7H15N4+. The molecule has 0 aliphatic rings. The van der Waals surface area contributed by atoms with Crippen molar-refractivity contribution in [1.29, 1.82) is 0 Å². The van der Waals surface area contributed by atoms with Crippen LogP contribution in [-0.2, 0) is 5.54 Å². The molecule has 0 atom stereocenters. The summed E-state index contributed by atoms with van der Waals surface area (Å²) in [6, 6.07) is 0. The van der Waals surface area contributed by atoms with E-state index in [4.69, 9.17) is 0 Å². The van der Waals surface area contributed by atoms with Crippen molar-refractivity contribution in [3.63, 3.8) is 0 Å². The Bertz CT molecular complexity index is 238. The van der Waals surface area contributed by atoms with Gasteiger partial charge in [0.25, 0.3) is 0 Å². The predicted molar refractivity (Wildman–Crippen MR) is 40.9 cm³/mol. The molecule has 1 aromatic heterocycles. The number of hydrogen-bond acceptors (Lipinski definition) is 2. The molecule has 1 heterocycles. The Morgan fingerprint density at radius 2 is 2.18 bits per heavy atom. The van der Waals surface area contributed by atoms with Crippen LogP contribution in [0.3, 0.4) is 0 Å². The first-order chi connectivity index (χ1) is 5.06. The Kier molecular flexibility index (Phi) is 1.93. The van der Waals surface area contributed by atoms with Gasteiger partial charge in [0.05, 0.1) is 5.10 Å². The van der Waals surface area contributed by atoms with Gasteiger partial charge >= 0.3 is 5.82 Å². The zero-order valence-corrected chi connectivity index (χ0v) is 7.55. The number of aromatic amines is 1. The fourth-order valence-corrected chi connectivity index (χ4v) is 0.730. The lowest BCUT2D eigenvalue weighted by molar-refractivity contribution is -0.857. The average molecular weight is 155 g/mol. The summed E-state index contributed by atoms with van der Waals surface area (Å²) in [4.78, 5) is 1.79. The molecule has 4 heteroatoms. The van der Waals surface area contributed by atoms with Crippen molar-refractivity contribution in [3.05, 3.63) is 5.82 Å². The van der Waals surface area contributed by atoms with Crippen LogP contribution in [0.2, 0.25) is 0 Å². The van der Waals surface area contributed by atoms with Gasteiger partial charge in [-0.1, -0.05) is 11.7 Å². The maximum absolute atomic E-state index is 4.20. The van der Waals surface area contributed by atoms with Crippen molar-refractivity contribution in [2.75, 3.05) is 0 Å². The second-order valence-corrected chi connectivity index (χ2v) is 3.34. The Balaban J connectivity index is 2.92. The highest BCUT2D eigenvalue weighted by atomic mass is 15.6. The molecule has 11 heavy (non-hydrogen) atoms. The minimum atomic E-state index is 0.0429. The Morgan fingerprint density at radius 1 is 1.55 bits per heavy atom. The first kappa shape index (κ1) is 8.17. The van der Waals surface area contributed by atoms with Gasteiger partial charge in [-0.25, -0.2) is 0 Å². The van der Waals surface area contributed by atoms with E-state index < -0.39 is 0 Å². The molecule has 0 aliphatic carbocycles. The van der Waals surface area contributed by atoms with Crippen molar-refractivity contribution in [3.8, 4) is 0 Å². The van der Waals surface area contributed by atoms with Gasteiger partial charge < -0.3 is 0 Å². The maximum atomic E-state index is 4.20. The SMILES string of the molecule is CCC(C)(C)[n+]1nc(C)n[nH]1. The third-order valence-corrected chi connectivity index (χ3v) is 1.99. The summed E-state index contributed by atoms with van der Waals surface area (Å²) < 4.78 is 0. The van der Waals surface area contributed by atoms with E-state index in [1.54, 1.807) is 4.80 Å². The van der Waals surface area contributed by atoms with Crippen LogP contribution >= 0.6 is 0 Å². The summed E-state index contributed by atoms with van der Waals surface area (Å²) in [6.45, 7) is 8.25. The largest absolute Gasteiger partial charge is 0.305 e. The minimum Gasteiger partial charge on any atom is -0.0609 e. The second-order valence-electron chi connectivity index (χ2n) is 3.34. The number of aromatic nitrogens is 4. The molecule has 4 nitrogen and oxygen atoms in total. The molecule has 0 saturated carbocycles. The lowest BCUT2D eigenvalue weighted by Crippen LogP contribution is -2.55. The van der Waals surface area contributed by atoms with Crippen LogP contribution in [0.5, 0.6) is 0 Å². The molecule has 0 fully saturated rings. The first-order valence-corrected chi connectivity index (χ1v) is 3.88. The smallest absolute Gasteiger partial charge is 0.0609 e. The molecule has 62 valence electrons. The molecule has 0 aliphatic heterocycles. The van der Waals surface area contributed by atoms with Crippen molar-refractivity contribution >= 4 is 0 Å². The number of tetrazole rings is 1. The number of H-pyrrole nitrogens is 1. The molecule has 0 radical (unpaired) electrons. The Labute approximate surface area is 66.6 Å². The van der Waals surface area contributed by atoms with E-state index in [0.29, 0.717) is 0 Å². The molecule has 1 rings (SSSR count). The second kappa shape index (κ2) is 2.60. The normalized spacial score (nSPS) is 12.0. The number of nitrogens with one attached hydrogen (secondary N) is 1. The van der Waals surface area contributed by atoms with Crippen molar-refractivity contribution in [2.24, 2.45) is 0 Å². The van der Waals surface area contributed by atoms with Crippen LogP contribution in [0.4, 0.5) is 0 Å². The molecule has 0 aromatic carbocycles. The van der Waals surface area contributed by atoms with E-state index in [1.165, 1.54) is 0 Å². The van der Waals surface area contributed by atoms with Gasteiger partial charge in [-0.2, -0.15) is 0 Å². The molecule has 0 spiro atoms. The van der Waals surface area contributed by atoms with Crippen LogP contribution in [0.1, 0.15) is 33.0 Å². The van der Waals surface area contributed by atoms with Gasteiger partial charge in [-0.15, -0.1) is 0 Å². The van der Waals surface area contributed by atoms with Crippen LogP contribution in [-0.4, -0.2) is 15.4 Å². The third-order valence-electron chi connectivity index (χ3n) is 1.99. The molecular weight excluding hydrogens is 140 g/mol. The summed E-state index contributed by atoms with van der Waals surface area (Å²) in [5.41, 5.74) is 0.0429. The quantitative estimate of drug-likeness (QED) is 0.634. The lowest BCUT2D eigenvalue weighted by Gasteiger charge is -2.13. The Morgan fingerprint density at radius 3 is 2.55 bits per heavy atom. The number of hydrogen-bond donors (Lipinski definition) is 1. The van der Waals surface area contributed by atoms with E-state index in [1.807, 2.05) is 6.92 Å². The maximum Gasteiger partial charge on any atom is 0.305 e. The standard InChI is InChI=1S/C7H14N4/c1-5-7(3,4)11-9-6(2)8-10-11/h5H2,1-4H3/p+1. The van der Waals surface area contributed by atoms with Crippen LogP contribution in [0.25, 0.3) is 0 Å². The summed E-state index contributed by atoms with van der Waals surface area (Å²) in [5, 5.41) is 11.0. The molecule has 0 bridgehead atoms. The Hall–Kier alpha value is -0.930. The third kappa shape index (κ3) is 1.56. The molecule has 0 unspecified atom stereocenters. The summed E-state index contributed by atoms with van der Waals surface area (Å²) in [7, 11) is 0. The van der Waals surface area contributed by atoms with Crippen molar-refractivity contribution in [2.45, 2.75) is 39.7 Å².